The van der Waals surface area contributed by atoms with Crippen LogP contribution >= 0.6 is 24.8 Å². The molecule has 4 heteroatoms. The molecule has 1 atom stereocenters. The largest absolute Gasteiger partial charge is 0.325 e. The monoisotopic (exact) mass is 200 g/mol. The molecule has 2 nitrogen and oxygen atoms in total. The highest BCUT2D eigenvalue weighted by atomic mass is 35.5. The fraction of sp³-hybridized carbons (Fsp3) is 1.00. The van der Waals surface area contributed by atoms with Gasteiger partial charge in [-0.05, 0) is 39.3 Å². The Bertz CT molecular complexity index is 95.1. The van der Waals surface area contributed by atoms with E-state index >= 15 is 0 Å². The third-order valence-corrected chi connectivity index (χ3v) is 2.11. The summed E-state index contributed by atoms with van der Waals surface area (Å²) in [5, 5.41) is 3.30. The average Bonchev–Trinajstić information content (AvgIpc) is 2.08. The van der Waals surface area contributed by atoms with Gasteiger partial charge in [-0.2, -0.15) is 0 Å². The quantitative estimate of drug-likeness (QED) is 0.668. The Hall–Kier alpha value is 0.500. The molecule has 0 aromatic heterocycles. The lowest BCUT2D eigenvalue weighted by Crippen LogP contribution is -2.41. The van der Waals surface area contributed by atoms with E-state index in [1.165, 1.54) is 6.42 Å². The molecule has 1 saturated heterocycles. The lowest BCUT2D eigenvalue weighted by molar-refractivity contribution is 0.346. The molecule has 1 rings (SSSR count). The Labute approximate surface area is 81.1 Å². The van der Waals surface area contributed by atoms with Crippen molar-refractivity contribution in [3.8, 4) is 0 Å². The molecule has 1 fully saturated rings. The molecule has 70 valence electrons. The summed E-state index contributed by atoms with van der Waals surface area (Å²) in [6.07, 6.45) is 1.24. The first-order chi connectivity index (χ1) is 4.11. The minimum Gasteiger partial charge on any atom is -0.325 e. The molecule has 11 heavy (non-hydrogen) atoms. The van der Waals surface area contributed by atoms with E-state index in [0.717, 1.165) is 13.1 Å². The molecule has 0 saturated carbocycles. The maximum atomic E-state index is 5.90. The first-order valence-corrected chi connectivity index (χ1v) is 3.60. The van der Waals surface area contributed by atoms with Gasteiger partial charge < -0.3 is 11.1 Å². The van der Waals surface area contributed by atoms with Crippen molar-refractivity contribution in [2.24, 2.45) is 11.7 Å². The third kappa shape index (κ3) is 4.16. The second-order valence-corrected chi connectivity index (χ2v) is 3.51. The summed E-state index contributed by atoms with van der Waals surface area (Å²) in [7, 11) is 0. The van der Waals surface area contributed by atoms with E-state index in [1.54, 1.807) is 0 Å². The Kier molecular flexibility index (Phi) is 6.64. The zero-order valence-corrected chi connectivity index (χ0v) is 8.73. The minimum atomic E-state index is 0. The van der Waals surface area contributed by atoms with Gasteiger partial charge in [0.05, 0.1) is 0 Å². The van der Waals surface area contributed by atoms with E-state index in [1.807, 2.05) is 0 Å². The summed E-state index contributed by atoms with van der Waals surface area (Å²) >= 11 is 0. The molecule has 0 aromatic rings. The predicted molar refractivity (Wildman–Crippen MR) is 53.7 cm³/mol. The van der Waals surface area contributed by atoms with Crippen LogP contribution in [-0.2, 0) is 0 Å². The van der Waals surface area contributed by atoms with Crippen LogP contribution in [0.15, 0.2) is 0 Å². The van der Waals surface area contributed by atoms with Crippen LogP contribution in [0.3, 0.4) is 0 Å². The van der Waals surface area contributed by atoms with Crippen molar-refractivity contribution < 1.29 is 0 Å². The van der Waals surface area contributed by atoms with Gasteiger partial charge in [0.15, 0.2) is 0 Å². The van der Waals surface area contributed by atoms with Crippen LogP contribution in [0.1, 0.15) is 20.3 Å². The summed E-state index contributed by atoms with van der Waals surface area (Å²) in [5.74, 6) is 0.678. The van der Waals surface area contributed by atoms with Gasteiger partial charge in [0.2, 0.25) is 0 Å². The number of hydrogen-bond donors (Lipinski definition) is 2. The van der Waals surface area contributed by atoms with Crippen LogP contribution < -0.4 is 11.1 Å². The summed E-state index contributed by atoms with van der Waals surface area (Å²) < 4.78 is 0. The minimum absolute atomic E-state index is 0. The van der Waals surface area contributed by atoms with Gasteiger partial charge in [-0.25, -0.2) is 0 Å². The van der Waals surface area contributed by atoms with Crippen LogP contribution in [0.4, 0.5) is 0 Å². The smallest absolute Gasteiger partial charge is 0.0138 e. The molecular weight excluding hydrogens is 183 g/mol. The topological polar surface area (TPSA) is 38.0 Å². The molecule has 3 N–H and O–H groups in total. The Morgan fingerprint density at radius 3 is 2.09 bits per heavy atom. The molecule has 1 aliphatic rings. The van der Waals surface area contributed by atoms with E-state index in [9.17, 15) is 0 Å². The lowest BCUT2D eigenvalue weighted by atomic mass is 9.88. The third-order valence-electron chi connectivity index (χ3n) is 2.11. The van der Waals surface area contributed by atoms with Gasteiger partial charge in [-0.3, -0.25) is 0 Å². The summed E-state index contributed by atoms with van der Waals surface area (Å²) in [4.78, 5) is 0. The fourth-order valence-electron chi connectivity index (χ4n) is 1.29. The molecule has 1 aliphatic heterocycles. The molecule has 0 bridgehead atoms. The molecule has 0 aliphatic carbocycles. The van der Waals surface area contributed by atoms with Crippen LogP contribution in [0.5, 0.6) is 0 Å². The molecular formula is C7H18Cl2N2. The first-order valence-electron chi connectivity index (χ1n) is 3.60. The summed E-state index contributed by atoms with van der Waals surface area (Å²) in [6, 6.07) is 0. The van der Waals surface area contributed by atoms with Crippen molar-refractivity contribution in [3.63, 3.8) is 0 Å². The van der Waals surface area contributed by atoms with Crippen molar-refractivity contribution in [1.29, 1.82) is 0 Å². The Balaban J connectivity index is 0. The molecule has 0 spiro atoms. The zero-order valence-electron chi connectivity index (χ0n) is 7.09. The van der Waals surface area contributed by atoms with Gasteiger partial charge in [0, 0.05) is 5.54 Å². The second kappa shape index (κ2) is 5.20. The van der Waals surface area contributed by atoms with Gasteiger partial charge in [-0.15, -0.1) is 24.8 Å². The molecule has 1 heterocycles. The lowest BCUT2D eigenvalue weighted by Gasteiger charge is -2.25. The highest BCUT2D eigenvalue weighted by Crippen LogP contribution is 2.19. The van der Waals surface area contributed by atoms with Crippen LogP contribution in [-0.4, -0.2) is 18.6 Å². The SMILES string of the molecule is CC(C)(N)[C@H]1CCNC1.Cl.Cl. The van der Waals surface area contributed by atoms with Crippen LogP contribution in [0.2, 0.25) is 0 Å². The normalized spacial score (nSPS) is 23.7. The van der Waals surface area contributed by atoms with Gasteiger partial charge in [-0.1, -0.05) is 0 Å². The molecule has 0 radical (unpaired) electrons. The maximum Gasteiger partial charge on any atom is 0.0138 e. The predicted octanol–water partition coefficient (Wildman–Crippen LogP) is 1.18. The van der Waals surface area contributed by atoms with Gasteiger partial charge >= 0.3 is 0 Å². The van der Waals surface area contributed by atoms with E-state index in [2.05, 4.69) is 19.2 Å². The van der Waals surface area contributed by atoms with E-state index in [4.69, 9.17) is 5.73 Å². The number of hydrogen-bond acceptors (Lipinski definition) is 2. The highest BCUT2D eigenvalue weighted by molar-refractivity contribution is 5.85. The standard InChI is InChI=1S/C7H16N2.2ClH/c1-7(2,8)6-3-4-9-5-6;;/h6,9H,3-5,8H2,1-2H3;2*1H/t6-;;/m0../s1. The molecule has 0 unspecified atom stereocenters. The average molecular weight is 201 g/mol. The summed E-state index contributed by atoms with van der Waals surface area (Å²) in [5.41, 5.74) is 5.92. The first kappa shape index (κ1) is 14.0. The van der Waals surface area contributed by atoms with Crippen molar-refractivity contribution >= 4 is 24.8 Å². The second-order valence-electron chi connectivity index (χ2n) is 3.51. The molecule has 0 aromatic carbocycles. The number of nitrogens with one attached hydrogen (secondary N) is 1. The Morgan fingerprint density at radius 2 is 1.91 bits per heavy atom. The van der Waals surface area contributed by atoms with Crippen molar-refractivity contribution in [2.75, 3.05) is 13.1 Å². The Morgan fingerprint density at radius 1 is 1.36 bits per heavy atom. The van der Waals surface area contributed by atoms with Crippen molar-refractivity contribution in [1.82, 2.24) is 5.32 Å². The van der Waals surface area contributed by atoms with E-state index < -0.39 is 0 Å². The molecule has 0 amide bonds. The van der Waals surface area contributed by atoms with Gasteiger partial charge in [0.25, 0.3) is 0 Å². The van der Waals surface area contributed by atoms with Gasteiger partial charge in [0.1, 0.15) is 0 Å². The van der Waals surface area contributed by atoms with Crippen molar-refractivity contribution in [3.05, 3.63) is 0 Å². The maximum absolute atomic E-state index is 5.90. The fourth-order valence-corrected chi connectivity index (χ4v) is 1.29. The van der Waals surface area contributed by atoms with E-state index in [0.29, 0.717) is 5.92 Å². The van der Waals surface area contributed by atoms with E-state index in [-0.39, 0.29) is 30.4 Å². The van der Waals surface area contributed by atoms with Crippen LogP contribution in [0, 0.1) is 5.92 Å². The van der Waals surface area contributed by atoms with Crippen LogP contribution in [0.25, 0.3) is 0 Å². The summed E-state index contributed by atoms with van der Waals surface area (Å²) in [6.45, 7) is 6.45. The van der Waals surface area contributed by atoms with Crippen molar-refractivity contribution in [2.45, 2.75) is 25.8 Å². The number of rotatable bonds is 1. The zero-order chi connectivity index (χ0) is 6.91. The number of nitrogens with two attached hydrogens (primary N) is 1. The number of halogens is 2. The highest BCUT2D eigenvalue weighted by Gasteiger charge is 2.27.